The number of benzene rings is 1. The second-order valence-electron chi connectivity index (χ2n) is 4.58. The van der Waals surface area contributed by atoms with Crippen LogP contribution in [0.2, 0.25) is 0 Å². The molecule has 1 heterocycles. The van der Waals surface area contributed by atoms with Gasteiger partial charge in [0.25, 0.3) is 0 Å². The topological polar surface area (TPSA) is 95.1 Å². The van der Waals surface area contributed by atoms with Crippen molar-refractivity contribution in [1.82, 2.24) is 10.2 Å². The fourth-order valence-electron chi connectivity index (χ4n) is 1.68. The summed E-state index contributed by atoms with van der Waals surface area (Å²) in [6.45, 7) is 3.99. The lowest BCUT2D eigenvalue weighted by Gasteiger charge is -2.06. The molecule has 1 aromatic heterocycles. The van der Waals surface area contributed by atoms with Gasteiger partial charge in [0.05, 0.1) is 5.75 Å². The molecule has 0 bridgehead atoms. The highest BCUT2D eigenvalue weighted by molar-refractivity contribution is 8.00. The number of aryl methyl sites for hydroxylation is 2. The Balaban J connectivity index is 1.92. The molecule has 1 aromatic carbocycles. The van der Waals surface area contributed by atoms with E-state index in [1.807, 2.05) is 32.0 Å². The minimum atomic E-state index is -1.12. The number of nitrogens with zero attached hydrogens (tertiary/aromatic N) is 1. The zero-order valence-corrected chi connectivity index (χ0v) is 12.5. The van der Waals surface area contributed by atoms with Gasteiger partial charge in [-0.3, -0.25) is 9.89 Å². The van der Waals surface area contributed by atoms with E-state index in [0.717, 1.165) is 16.0 Å². The van der Waals surface area contributed by atoms with Crippen molar-refractivity contribution >= 4 is 29.5 Å². The molecule has 0 aliphatic rings. The van der Waals surface area contributed by atoms with E-state index in [-0.39, 0.29) is 23.2 Å². The molecule has 0 radical (unpaired) electrons. The van der Waals surface area contributed by atoms with E-state index in [1.165, 1.54) is 17.8 Å². The van der Waals surface area contributed by atoms with Crippen LogP contribution in [0.4, 0.5) is 5.82 Å². The SMILES string of the molecule is Cc1ccc(C)c(SCC(=O)Nc2cc(C(=O)O)[nH]n2)c1. The number of carbonyl (C=O) groups is 2. The van der Waals surface area contributed by atoms with Crippen molar-refractivity contribution in [3.8, 4) is 0 Å². The van der Waals surface area contributed by atoms with E-state index in [2.05, 4.69) is 15.5 Å². The van der Waals surface area contributed by atoms with Gasteiger partial charge < -0.3 is 10.4 Å². The summed E-state index contributed by atoms with van der Waals surface area (Å²) >= 11 is 1.44. The number of anilines is 1. The van der Waals surface area contributed by atoms with Gasteiger partial charge in [-0.15, -0.1) is 11.8 Å². The number of rotatable bonds is 5. The maximum Gasteiger partial charge on any atom is 0.353 e. The van der Waals surface area contributed by atoms with Crippen molar-refractivity contribution < 1.29 is 14.7 Å². The molecule has 7 heteroatoms. The van der Waals surface area contributed by atoms with Crippen molar-refractivity contribution in [3.05, 3.63) is 41.1 Å². The van der Waals surface area contributed by atoms with E-state index in [0.29, 0.717) is 0 Å². The summed E-state index contributed by atoms with van der Waals surface area (Å²) in [5.74, 6) is -0.907. The van der Waals surface area contributed by atoms with Crippen molar-refractivity contribution in [2.45, 2.75) is 18.7 Å². The van der Waals surface area contributed by atoms with Crippen molar-refractivity contribution in [2.24, 2.45) is 0 Å². The van der Waals surface area contributed by atoms with E-state index < -0.39 is 5.97 Å². The van der Waals surface area contributed by atoms with Crippen LogP contribution in [0.3, 0.4) is 0 Å². The lowest BCUT2D eigenvalue weighted by Crippen LogP contribution is -2.14. The number of nitrogens with one attached hydrogen (secondary N) is 2. The van der Waals surface area contributed by atoms with Crippen LogP contribution < -0.4 is 5.32 Å². The first kappa shape index (κ1) is 15.1. The largest absolute Gasteiger partial charge is 0.477 e. The molecule has 0 unspecified atom stereocenters. The quantitative estimate of drug-likeness (QED) is 0.738. The predicted octanol–water partition coefficient (Wildman–Crippen LogP) is 2.46. The van der Waals surface area contributed by atoms with E-state index >= 15 is 0 Å². The molecule has 0 fully saturated rings. The van der Waals surface area contributed by atoms with E-state index in [9.17, 15) is 9.59 Å². The van der Waals surface area contributed by atoms with Crippen LogP contribution in [-0.2, 0) is 4.79 Å². The van der Waals surface area contributed by atoms with Crippen LogP contribution >= 0.6 is 11.8 Å². The average Bonchev–Trinajstić information content (AvgIpc) is 2.88. The molecule has 6 nitrogen and oxygen atoms in total. The second-order valence-corrected chi connectivity index (χ2v) is 5.59. The third kappa shape index (κ3) is 4.09. The highest BCUT2D eigenvalue weighted by Gasteiger charge is 2.11. The molecule has 21 heavy (non-hydrogen) atoms. The van der Waals surface area contributed by atoms with Crippen molar-refractivity contribution in [1.29, 1.82) is 0 Å². The summed E-state index contributed by atoms with van der Waals surface area (Å²) in [5.41, 5.74) is 2.20. The fraction of sp³-hybridized carbons (Fsp3) is 0.214. The average molecular weight is 305 g/mol. The molecule has 110 valence electrons. The van der Waals surface area contributed by atoms with Gasteiger partial charge in [-0.25, -0.2) is 4.79 Å². The molecule has 0 aliphatic carbocycles. The Bertz CT molecular complexity index is 682. The first-order chi connectivity index (χ1) is 9.95. The number of hydrogen-bond donors (Lipinski definition) is 3. The number of carboxylic acids is 1. The predicted molar refractivity (Wildman–Crippen MR) is 80.8 cm³/mol. The van der Waals surface area contributed by atoms with Gasteiger partial charge in [0, 0.05) is 11.0 Å². The van der Waals surface area contributed by atoms with Crippen molar-refractivity contribution in [3.63, 3.8) is 0 Å². The molecule has 2 aromatic rings. The molecule has 0 saturated carbocycles. The molecule has 0 aliphatic heterocycles. The van der Waals surface area contributed by atoms with Gasteiger partial charge in [-0.2, -0.15) is 5.10 Å². The molecule has 1 amide bonds. The number of carboxylic acid groups (broad SMARTS) is 1. The lowest BCUT2D eigenvalue weighted by molar-refractivity contribution is -0.113. The number of aromatic nitrogens is 2. The Kier molecular flexibility index (Phi) is 4.64. The number of hydrogen-bond acceptors (Lipinski definition) is 4. The molecular formula is C14H15N3O3S. The van der Waals surface area contributed by atoms with Gasteiger partial charge in [-0.05, 0) is 25.5 Å². The van der Waals surface area contributed by atoms with Gasteiger partial charge in [-0.1, -0.05) is 17.7 Å². The summed E-state index contributed by atoms with van der Waals surface area (Å²) in [7, 11) is 0. The Morgan fingerprint density at radius 1 is 1.33 bits per heavy atom. The highest BCUT2D eigenvalue weighted by Crippen LogP contribution is 2.23. The molecule has 3 N–H and O–H groups in total. The number of carbonyl (C=O) groups excluding carboxylic acids is 1. The number of aromatic amines is 1. The second kappa shape index (κ2) is 6.45. The Morgan fingerprint density at radius 2 is 2.10 bits per heavy atom. The number of aromatic carboxylic acids is 1. The van der Waals surface area contributed by atoms with E-state index in [4.69, 9.17) is 5.11 Å². The molecule has 0 saturated heterocycles. The summed E-state index contributed by atoms with van der Waals surface area (Å²) in [6.07, 6.45) is 0. The third-order valence-corrected chi connectivity index (χ3v) is 3.94. The van der Waals surface area contributed by atoms with Crippen LogP contribution in [0.15, 0.2) is 29.2 Å². The van der Waals surface area contributed by atoms with Crippen LogP contribution in [0, 0.1) is 13.8 Å². The normalized spacial score (nSPS) is 10.4. The standard InChI is InChI=1S/C14H15N3O3S/c1-8-3-4-9(2)11(5-8)21-7-13(18)15-12-6-10(14(19)20)16-17-12/h3-6H,7H2,1-2H3,(H,19,20)(H2,15,16,17,18). The summed E-state index contributed by atoms with van der Waals surface area (Å²) in [4.78, 5) is 23.6. The number of H-pyrrole nitrogens is 1. The first-order valence-corrected chi connectivity index (χ1v) is 7.23. The Labute approximate surface area is 126 Å². The minimum absolute atomic E-state index is 0.0625. The molecular weight excluding hydrogens is 290 g/mol. The van der Waals surface area contributed by atoms with Gasteiger partial charge in [0.15, 0.2) is 5.82 Å². The number of thioether (sulfide) groups is 1. The number of amides is 1. The van der Waals surface area contributed by atoms with Crippen LogP contribution in [0.25, 0.3) is 0 Å². The van der Waals surface area contributed by atoms with Crippen LogP contribution in [-0.4, -0.2) is 32.9 Å². The maximum absolute atomic E-state index is 11.8. The monoisotopic (exact) mass is 305 g/mol. The van der Waals surface area contributed by atoms with E-state index in [1.54, 1.807) is 0 Å². The summed E-state index contributed by atoms with van der Waals surface area (Å²) in [5, 5.41) is 17.4. The first-order valence-electron chi connectivity index (χ1n) is 6.24. The van der Waals surface area contributed by atoms with Crippen LogP contribution in [0.5, 0.6) is 0 Å². The van der Waals surface area contributed by atoms with Gasteiger partial charge in [0.1, 0.15) is 5.69 Å². The zero-order valence-electron chi connectivity index (χ0n) is 11.6. The molecule has 0 atom stereocenters. The smallest absolute Gasteiger partial charge is 0.353 e. The minimum Gasteiger partial charge on any atom is -0.477 e. The van der Waals surface area contributed by atoms with Crippen LogP contribution in [0.1, 0.15) is 21.6 Å². The molecule has 2 rings (SSSR count). The van der Waals surface area contributed by atoms with Gasteiger partial charge >= 0.3 is 5.97 Å². The highest BCUT2D eigenvalue weighted by atomic mass is 32.2. The zero-order chi connectivity index (χ0) is 15.4. The lowest BCUT2D eigenvalue weighted by atomic mass is 10.2. The fourth-order valence-corrected chi connectivity index (χ4v) is 2.60. The maximum atomic E-state index is 11.8. The van der Waals surface area contributed by atoms with Gasteiger partial charge in [0.2, 0.25) is 5.91 Å². The third-order valence-electron chi connectivity index (χ3n) is 2.78. The molecule has 0 spiro atoms. The van der Waals surface area contributed by atoms with Crippen molar-refractivity contribution in [2.75, 3.05) is 11.1 Å². The Morgan fingerprint density at radius 3 is 2.76 bits per heavy atom. The summed E-state index contributed by atoms with van der Waals surface area (Å²) in [6, 6.07) is 7.35. The summed E-state index contributed by atoms with van der Waals surface area (Å²) < 4.78 is 0. The Hall–Kier alpha value is -2.28.